The Morgan fingerprint density at radius 1 is 0.688 bits per heavy atom. The summed E-state index contributed by atoms with van der Waals surface area (Å²) >= 11 is 0. The van der Waals surface area contributed by atoms with Crippen molar-refractivity contribution in [3.63, 3.8) is 0 Å². The molecule has 16 heavy (non-hydrogen) atoms. The molecule has 0 aromatic heterocycles. The van der Waals surface area contributed by atoms with Crippen molar-refractivity contribution in [3.8, 4) is 0 Å². The molecular formula is C8H10N2O6. The number of hydrogen-bond acceptors (Lipinski definition) is 6. The molecule has 1 rings (SSSR count). The average molecular weight is 230 g/mol. The van der Waals surface area contributed by atoms with Crippen molar-refractivity contribution in [2.24, 2.45) is 0 Å². The zero-order valence-corrected chi connectivity index (χ0v) is 8.28. The molecule has 2 amide bonds. The normalized spacial score (nSPS) is 19.5. The third-order valence-electron chi connectivity index (χ3n) is 1.67. The maximum absolute atomic E-state index is 11.0. The Morgan fingerprint density at radius 2 is 1.06 bits per heavy atom. The Morgan fingerprint density at radius 3 is 1.44 bits per heavy atom. The average Bonchev–Trinajstić information content (AvgIpc) is 2.27. The predicted molar refractivity (Wildman–Crippen MR) is 46.9 cm³/mol. The summed E-state index contributed by atoms with van der Waals surface area (Å²) < 4.78 is 0. The highest BCUT2D eigenvalue weighted by molar-refractivity contribution is 5.85. The molecule has 0 unspecified atom stereocenters. The summed E-state index contributed by atoms with van der Waals surface area (Å²) in [6.45, 7) is 0. The fourth-order valence-corrected chi connectivity index (χ4v) is 0.863. The number of rotatable bonds is 0. The summed E-state index contributed by atoms with van der Waals surface area (Å²) in [7, 11) is 0. The van der Waals surface area contributed by atoms with E-state index >= 15 is 0 Å². The number of hydroxylamine groups is 2. The minimum Gasteiger partial charge on any atom is -0.341 e. The van der Waals surface area contributed by atoms with E-state index in [0.29, 0.717) is 0 Å². The molecule has 1 heterocycles. The van der Waals surface area contributed by atoms with Crippen LogP contribution in [0.2, 0.25) is 0 Å². The van der Waals surface area contributed by atoms with Gasteiger partial charge in [0.1, 0.15) is 0 Å². The molecule has 0 saturated carbocycles. The van der Waals surface area contributed by atoms with E-state index in [1.54, 1.807) is 0 Å². The predicted octanol–water partition coefficient (Wildman–Crippen LogP) is -1.29. The first kappa shape index (κ1) is 12.0. The van der Waals surface area contributed by atoms with Gasteiger partial charge in [0.25, 0.3) is 11.8 Å². The maximum Gasteiger partial charge on any atom is 0.332 e. The first-order chi connectivity index (χ1) is 7.58. The highest BCUT2D eigenvalue weighted by atomic mass is 16.7. The van der Waals surface area contributed by atoms with Gasteiger partial charge in [0.15, 0.2) is 0 Å². The number of carbonyl (C=O) groups excluding carboxylic acids is 4. The van der Waals surface area contributed by atoms with E-state index in [9.17, 15) is 19.2 Å². The van der Waals surface area contributed by atoms with Gasteiger partial charge < -0.3 is 9.68 Å². The standard InChI is InChI=1S/C8H10N2O6/c11-5-1-2-6(12)10-16-8(14)4-3-7(13)15-9-5/h1-4H2,(H,9,11)(H,10,12). The van der Waals surface area contributed by atoms with E-state index in [2.05, 4.69) is 9.68 Å². The highest BCUT2D eigenvalue weighted by Crippen LogP contribution is 1.97. The van der Waals surface area contributed by atoms with Crippen LogP contribution in [0.3, 0.4) is 0 Å². The first-order valence-electron chi connectivity index (χ1n) is 4.55. The van der Waals surface area contributed by atoms with Crippen molar-refractivity contribution in [2.45, 2.75) is 25.7 Å². The van der Waals surface area contributed by atoms with Crippen LogP contribution in [-0.4, -0.2) is 23.8 Å². The van der Waals surface area contributed by atoms with Crippen LogP contribution in [-0.2, 0) is 28.9 Å². The lowest BCUT2D eigenvalue weighted by molar-refractivity contribution is -0.165. The van der Waals surface area contributed by atoms with E-state index in [-0.39, 0.29) is 25.7 Å². The van der Waals surface area contributed by atoms with Crippen LogP contribution in [0.15, 0.2) is 0 Å². The van der Waals surface area contributed by atoms with Gasteiger partial charge >= 0.3 is 11.9 Å². The zero-order chi connectivity index (χ0) is 12.0. The van der Waals surface area contributed by atoms with Crippen molar-refractivity contribution >= 4 is 23.8 Å². The van der Waals surface area contributed by atoms with Crippen molar-refractivity contribution in [2.75, 3.05) is 0 Å². The van der Waals surface area contributed by atoms with Gasteiger partial charge in [-0.15, -0.1) is 0 Å². The highest BCUT2D eigenvalue weighted by Gasteiger charge is 2.15. The van der Waals surface area contributed by atoms with Gasteiger partial charge in [0.2, 0.25) is 0 Å². The second-order valence-corrected chi connectivity index (χ2v) is 3.00. The summed E-state index contributed by atoms with van der Waals surface area (Å²) in [5.74, 6) is -2.71. The molecule has 0 radical (unpaired) electrons. The lowest BCUT2D eigenvalue weighted by atomic mass is 10.3. The topological polar surface area (TPSA) is 111 Å². The molecule has 0 spiro atoms. The van der Waals surface area contributed by atoms with Crippen LogP contribution in [0.25, 0.3) is 0 Å². The number of nitrogens with one attached hydrogen (secondary N) is 2. The summed E-state index contributed by atoms with van der Waals surface area (Å²) in [5.41, 5.74) is 3.73. The second-order valence-electron chi connectivity index (χ2n) is 3.00. The Hall–Kier alpha value is -2.12. The van der Waals surface area contributed by atoms with Gasteiger partial charge in [-0.25, -0.2) is 9.59 Å². The van der Waals surface area contributed by atoms with Crippen LogP contribution in [0, 0.1) is 0 Å². The molecule has 1 aliphatic rings. The van der Waals surface area contributed by atoms with E-state index in [1.807, 2.05) is 11.0 Å². The Bertz CT molecular complexity index is 238. The van der Waals surface area contributed by atoms with Crippen molar-refractivity contribution in [1.29, 1.82) is 0 Å². The van der Waals surface area contributed by atoms with Crippen LogP contribution in [0.4, 0.5) is 0 Å². The summed E-state index contributed by atoms with van der Waals surface area (Å²) in [6, 6.07) is 0. The molecule has 1 saturated heterocycles. The Balaban J connectivity index is 2.52. The largest absolute Gasteiger partial charge is 0.341 e. The molecule has 1 aliphatic heterocycles. The van der Waals surface area contributed by atoms with Crippen molar-refractivity contribution < 1.29 is 28.9 Å². The van der Waals surface area contributed by atoms with Gasteiger partial charge in [-0.1, -0.05) is 0 Å². The third-order valence-corrected chi connectivity index (χ3v) is 1.67. The number of carbonyl (C=O) groups is 4. The summed E-state index contributed by atoms with van der Waals surface area (Å²) in [6.07, 6.45) is -0.822. The molecule has 2 N–H and O–H groups in total. The van der Waals surface area contributed by atoms with Crippen LogP contribution in [0.5, 0.6) is 0 Å². The fourth-order valence-electron chi connectivity index (χ4n) is 0.863. The molecule has 8 nitrogen and oxygen atoms in total. The molecular weight excluding hydrogens is 220 g/mol. The summed E-state index contributed by atoms with van der Waals surface area (Å²) in [5, 5.41) is 0. The van der Waals surface area contributed by atoms with Crippen LogP contribution < -0.4 is 11.0 Å². The molecule has 0 aromatic rings. The molecule has 0 atom stereocenters. The van der Waals surface area contributed by atoms with Crippen LogP contribution in [0.1, 0.15) is 25.7 Å². The quantitative estimate of drug-likeness (QED) is 0.535. The van der Waals surface area contributed by atoms with Gasteiger partial charge in [-0.2, -0.15) is 11.0 Å². The van der Waals surface area contributed by atoms with E-state index in [1.165, 1.54) is 0 Å². The fraction of sp³-hybridized carbons (Fsp3) is 0.500. The lowest BCUT2D eigenvalue weighted by Gasteiger charge is -2.08. The minimum atomic E-state index is -0.753. The third kappa shape index (κ3) is 4.40. The van der Waals surface area contributed by atoms with Crippen molar-refractivity contribution in [1.82, 2.24) is 11.0 Å². The smallest absolute Gasteiger partial charge is 0.332 e. The monoisotopic (exact) mass is 230 g/mol. The van der Waals surface area contributed by atoms with Gasteiger partial charge in [0.05, 0.1) is 12.8 Å². The van der Waals surface area contributed by atoms with E-state index < -0.39 is 23.8 Å². The Kier molecular flexibility index (Phi) is 4.25. The number of hydrogen-bond donors (Lipinski definition) is 2. The van der Waals surface area contributed by atoms with E-state index in [0.717, 1.165) is 0 Å². The molecule has 88 valence electrons. The second kappa shape index (κ2) is 5.69. The number of amides is 2. The molecule has 0 bridgehead atoms. The van der Waals surface area contributed by atoms with Gasteiger partial charge in [0, 0.05) is 12.8 Å². The van der Waals surface area contributed by atoms with Crippen molar-refractivity contribution in [3.05, 3.63) is 0 Å². The Labute approximate surface area is 90.2 Å². The van der Waals surface area contributed by atoms with Gasteiger partial charge in [-0.3, -0.25) is 9.59 Å². The molecule has 1 fully saturated rings. The maximum atomic E-state index is 11.0. The lowest BCUT2D eigenvalue weighted by Crippen LogP contribution is -2.32. The zero-order valence-electron chi connectivity index (χ0n) is 8.28. The molecule has 8 heteroatoms. The SMILES string of the molecule is O=C1CCC(=O)NOC(=O)CCC(=O)ON1. The van der Waals surface area contributed by atoms with Crippen LogP contribution >= 0.6 is 0 Å². The van der Waals surface area contributed by atoms with Gasteiger partial charge in [-0.05, 0) is 0 Å². The van der Waals surface area contributed by atoms with E-state index in [4.69, 9.17) is 0 Å². The molecule has 0 aromatic carbocycles. The summed E-state index contributed by atoms with van der Waals surface area (Å²) in [4.78, 5) is 52.5. The molecule has 0 aliphatic carbocycles. The first-order valence-corrected chi connectivity index (χ1v) is 4.55. The minimum absolute atomic E-state index is 0.170.